The van der Waals surface area contributed by atoms with Crippen molar-refractivity contribution in [3.05, 3.63) is 76.6 Å². The average Bonchev–Trinajstić information content (AvgIpc) is 3.08. The standard InChI is InChI=1S/C20H17N5O2/c1-2-17-18(14-6-4-3-5-7-14)20-22-12-16(19(21)24(20)23-17)13-8-10-15(11-9-13)25(26)27/h3-12H,2,21H2,1H3. The maximum Gasteiger partial charge on any atom is 0.269 e. The van der Waals surface area contributed by atoms with Gasteiger partial charge in [0.2, 0.25) is 0 Å². The molecule has 0 amide bonds. The minimum atomic E-state index is -0.429. The van der Waals surface area contributed by atoms with E-state index in [1.165, 1.54) is 12.1 Å². The van der Waals surface area contributed by atoms with Crippen LogP contribution in [-0.4, -0.2) is 19.5 Å². The molecular weight excluding hydrogens is 342 g/mol. The first-order valence-electron chi connectivity index (χ1n) is 8.56. The second kappa shape index (κ2) is 6.53. The van der Waals surface area contributed by atoms with Crippen LogP contribution in [0.15, 0.2) is 60.8 Å². The zero-order valence-corrected chi connectivity index (χ0v) is 14.7. The van der Waals surface area contributed by atoms with Crippen LogP contribution in [0.25, 0.3) is 27.9 Å². The largest absolute Gasteiger partial charge is 0.383 e. The molecule has 0 atom stereocenters. The normalized spacial score (nSPS) is 11.0. The molecule has 0 aliphatic carbocycles. The van der Waals surface area contributed by atoms with Gasteiger partial charge >= 0.3 is 0 Å². The summed E-state index contributed by atoms with van der Waals surface area (Å²) in [7, 11) is 0. The highest BCUT2D eigenvalue weighted by atomic mass is 16.6. The van der Waals surface area contributed by atoms with Crippen LogP contribution < -0.4 is 5.73 Å². The molecule has 2 heterocycles. The third kappa shape index (κ3) is 2.79. The van der Waals surface area contributed by atoms with E-state index in [1.54, 1.807) is 22.8 Å². The van der Waals surface area contributed by atoms with Gasteiger partial charge in [-0.1, -0.05) is 37.3 Å². The van der Waals surface area contributed by atoms with Crippen molar-refractivity contribution in [2.24, 2.45) is 0 Å². The minimum absolute atomic E-state index is 0.0325. The first-order valence-corrected chi connectivity index (χ1v) is 8.56. The zero-order valence-electron chi connectivity index (χ0n) is 14.7. The predicted molar refractivity (Wildman–Crippen MR) is 104 cm³/mol. The number of rotatable bonds is 4. The molecule has 0 radical (unpaired) electrons. The highest BCUT2D eigenvalue weighted by molar-refractivity contribution is 5.84. The van der Waals surface area contributed by atoms with Gasteiger partial charge in [-0.15, -0.1) is 0 Å². The van der Waals surface area contributed by atoms with Crippen molar-refractivity contribution in [3.63, 3.8) is 0 Å². The van der Waals surface area contributed by atoms with Crippen LogP contribution in [0.3, 0.4) is 0 Å². The third-order valence-electron chi connectivity index (χ3n) is 4.54. The molecule has 2 aromatic heterocycles. The molecule has 4 aromatic rings. The maximum absolute atomic E-state index is 10.9. The first-order chi connectivity index (χ1) is 13.1. The summed E-state index contributed by atoms with van der Waals surface area (Å²) in [6.45, 7) is 2.04. The van der Waals surface area contributed by atoms with E-state index in [2.05, 4.69) is 10.1 Å². The summed E-state index contributed by atoms with van der Waals surface area (Å²) >= 11 is 0. The van der Waals surface area contributed by atoms with E-state index in [0.29, 0.717) is 17.0 Å². The van der Waals surface area contributed by atoms with E-state index in [-0.39, 0.29) is 5.69 Å². The molecular formula is C20H17N5O2. The molecule has 0 aliphatic rings. The Hall–Kier alpha value is -3.74. The monoisotopic (exact) mass is 359 g/mol. The van der Waals surface area contributed by atoms with E-state index < -0.39 is 4.92 Å². The molecule has 7 heteroatoms. The van der Waals surface area contributed by atoms with Crippen molar-refractivity contribution < 1.29 is 4.92 Å². The molecule has 0 saturated heterocycles. The molecule has 0 unspecified atom stereocenters. The molecule has 0 saturated carbocycles. The Morgan fingerprint density at radius 1 is 1.07 bits per heavy atom. The van der Waals surface area contributed by atoms with Gasteiger partial charge in [0.15, 0.2) is 5.65 Å². The van der Waals surface area contributed by atoms with Crippen LogP contribution in [0.4, 0.5) is 11.5 Å². The van der Waals surface area contributed by atoms with Crippen LogP contribution in [0, 0.1) is 10.1 Å². The Morgan fingerprint density at radius 2 is 1.78 bits per heavy atom. The van der Waals surface area contributed by atoms with Crippen LogP contribution in [-0.2, 0) is 6.42 Å². The van der Waals surface area contributed by atoms with E-state index in [1.807, 2.05) is 37.3 Å². The Morgan fingerprint density at radius 3 is 2.41 bits per heavy atom. The lowest BCUT2D eigenvalue weighted by Crippen LogP contribution is -2.03. The fourth-order valence-electron chi connectivity index (χ4n) is 3.18. The molecule has 2 aromatic carbocycles. The summed E-state index contributed by atoms with van der Waals surface area (Å²) < 4.78 is 1.65. The van der Waals surface area contributed by atoms with Crippen molar-refractivity contribution in [2.45, 2.75) is 13.3 Å². The zero-order chi connectivity index (χ0) is 19.0. The van der Waals surface area contributed by atoms with Crippen molar-refractivity contribution >= 4 is 17.2 Å². The molecule has 0 aliphatic heterocycles. The lowest BCUT2D eigenvalue weighted by atomic mass is 10.0. The number of nitro benzene ring substituents is 1. The number of hydrogen-bond donors (Lipinski definition) is 1. The smallest absolute Gasteiger partial charge is 0.269 e. The van der Waals surface area contributed by atoms with Gasteiger partial charge in [0.1, 0.15) is 5.82 Å². The van der Waals surface area contributed by atoms with E-state index in [0.717, 1.165) is 28.8 Å². The molecule has 0 bridgehead atoms. The topological polar surface area (TPSA) is 99.3 Å². The van der Waals surface area contributed by atoms with Crippen molar-refractivity contribution in [3.8, 4) is 22.3 Å². The fraction of sp³-hybridized carbons (Fsp3) is 0.100. The van der Waals surface area contributed by atoms with Crippen LogP contribution in [0.1, 0.15) is 12.6 Å². The number of non-ortho nitro benzene ring substituents is 1. The quantitative estimate of drug-likeness (QED) is 0.436. The minimum Gasteiger partial charge on any atom is -0.383 e. The number of nitro groups is 1. The van der Waals surface area contributed by atoms with Crippen molar-refractivity contribution in [1.29, 1.82) is 0 Å². The van der Waals surface area contributed by atoms with E-state index in [9.17, 15) is 10.1 Å². The lowest BCUT2D eigenvalue weighted by Gasteiger charge is -2.07. The van der Waals surface area contributed by atoms with Gasteiger partial charge in [-0.05, 0) is 29.7 Å². The Labute approximate surface area is 155 Å². The van der Waals surface area contributed by atoms with Gasteiger partial charge in [0, 0.05) is 29.5 Å². The number of nitrogens with two attached hydrogens (primary N) is 1. The summed E-state index contributed by atoms with van der Waals surface area (Å²) in [6, 6.07) is 16.2. The molecule has 2 N–H and O–H groups in total. The highest BCUT2D eigenvalue weighted by Crippen LogP contribution is 2.33. The van der Waals surface area contributed by atoms with E-state index >= 15 is 0 Å². The Bertz CT molecular complexity index is 1130. The highest BCUT2D eigenvalue weighted by Gasteiger charge is 2.18. The van der Waals surface area contributed by atoms with Crippen molar-refractivity contribution in [2.75, 3.05) is 5.73 Å². The predicted octanol–water partition coefficient (Wildman–Crippen LogP) is 4.12. The van der Waals surface area contributed by atoms with Gasteiger partial charge in [0.25, 0.3) is 5.69 Å². The van der Waals surface area contributed by atoms with Gasteiger partial charge in [-0.3, -0.25) is 10.1 Å². The lowest BCUT2D eigenvalue weighted by molar-refractivity contribution is -0.384. The maximum atomic E-state index is 10.9. The number of nitrogens with zero attached hydrogens (tertiary/aromatic N) is 4. The van der Waals surface area contributed by atoms with Gasteiger partial charge in [-0.25, -0.2) is 4.98 Å². The summed E-state index contributed by atoms with van der Waals surface area (Å²) in [5.41, 5.74) is 11.5. The molecule has 134 valence electrons. The van der Waals surface area contributed by atoms with Gasteiger partial charge < -0.3 is 5.73 Å². The molecule has 27 heavy (non-hydrogen) atoms. The number of aromatic nitrogens is 3. The number of hydrogen-bond acceptors (Lipinski definition) is 5. The van der Waals surface area contributed by atoms with Gasteiger partial charge in [-0.2, -0.15) is 9.61 Å². The Kier molecular flexibility index (Phi) is 4.04. The van der Waals surface area contributed by atoms with Gasteiger partial charge in [0.05, 0.1) is 10.6 Å². The third-order valence-corrected chi connectivity index (χ3v) is 4.54. The van der Waals surface area contributed by atoms with Crippen molar-refractivity contribution in [1.82, 2.24) is 14.6 Å². The summed E-state index contributed by atoms with van der Waals surface area (Å²) in [5.74, 6) is 0.450. The number of nitrogen functional groups attached to an aromatic ring is 1. The van der Waals surface area contributed by atoms with Crippen LogP contribution in [0.2, 0.25) is 0 Å². The second-order valence-electron chi connectivity index (χ2n) is 6.14. The fourth-order valence-corrected chi connectivity index (χ4v) is 3.18. The molecule has 7 nitrogen and oxygen atoms in total. The molecule has 4 rings (SSSR count). The SMILES string of the molecule is CCc1nn2c(N)c(-c3ccc([N+](=O)[O-])cc3)cnc2c1-c1ccccc1. The summed E-state index contributed by atoms with van der Waals surface area (Å²) in [4.78, 5) is 15.0. The average molecular weight is 359 g/mol. The first kappa shape index (κ1) is 16.7. The van der Waals surface area contributed by atoms with Crippen LogP contribution >= 0.6 is 0 Å². The number of anilines is 1. The Balaban J connectivity index is 1.89. The number of fused-ring (bicyclic) bond motifs is 1. The summed E-state index contributed by atoms with van der Waals surface area (Å²) in [5, 5.41) is 15.5. The number of aryl methyl sites for hydroxylation is 1. The second-order valence-corrected chi connectivity index (χ2v) is 6.14. The molecule has 0 fully saturated rings. The molecule has 0 spiro atoms. The number of benzene rings is 2. The van der Waals surface area contributed by atoms with Crippen LogP contribution in [0.5, 0.6) is 0 Å². The van der Waals surface area contributed by atoms with E-state index in [4.69, 9.17) is 5.73 Å². The summed E-state index contributed by atoms with van der Waals surface area (Å²) in [6.07, 6.45) is 2.44.